The van der Waals surface area contributed by atoms with Crippen LogP contribution in [0.4, 0.5) is 5.69 Å². The quantitative estimate of drug-likeness (QED) is 0.498. The summed E-state index contributed by atoms with van der Waals surface area (Å²) in [5.41, 5.74) is 2.53. The number of nitrogens with one attached hydrogen (secondary N) is 1. The third-order valence-electron chi connectivity index (χ3n) is 4.83. The molecule has 1 aliphatic heterocycles. The Bertz CT molecular complexity index is 1370. The lowest BCUT2D eigenvalue weighted by atomic mass is 10.0. The number of rotatable bonds is 3. The third-order valence-corrected chi connectivity index (χ3v) is 5.11. The largest absolute Gasteiger partial charge is 0.494 e. The van der Waals surface area contributed by atoms with Crippen LogP contribution in [-0.4, -0.2) is 33.4 Å². The van der Waals surface area contributed by atoms with Crippen molar-refractivity contribution in [3.05, 3.63) is 80.3 Å². The number of carbonyl (C=O) groups is 1. The van der Waals surface area contributed by atoms with Gasteiger partial charge in [0.1, 0.15) is 5.56 Å². The minimum Gasteiger partial charge on any atom is -0.494 e. The van der Waals surface area contributed by atoms with E-state index in [9.17, 15) is 14.7 Å². The van der Waals surface area contributed by atoms with Gasteiger partial charge in [-0.1, -0.05) is 36.4 Å². The summed E-state index contributed by atoms with van der Waals surface area (Å²) in [6.07, 6.45) is 1.43. The van der Waals surface area contributed by atoms with Crippen molar-refractivity contribution < 1.29 is 14.6 Å². The van der Waals surface area contributed by atoms with Crippen molar-refractivity contribution >= 4 is 41.2 Å². The summed E-state index contributed by atoms with van der Waals surface area (Å²) in [6.45, 7) is 1.87. The van der Waals surface area contributed by atoms with Crippen LogP contribution >= 0.6 is 12.2 Å². The van der Waals surface area contributed by atoms with Gasteiger partial charge >= 0.3 is 5.97 Å². The monoisotopic (exact) mass is 419 g/mol. The standard InChI is InChI=1S/C22H17N3O4S/c1-12-7-3-6-10-17(12)25-20(27)15(19(26)24-22(25)30)11-14-13-8-4-5-9-16(13)23-18(14)21(28)29-2/h3-11,27H,1-2H3,(H,24,26,30). The van der Waals surface area contributed by atoms with Crippen LogP contribution in [0.5, 0.6) is 5.88 Å². The number of benzene rings is 2. The maximum Gasteiger partial charge on any atom is 0.357 e. The molecule has 0 fully saturated rings. The molecule has 1 aliphatic rings. The predicted molar refractivity (Wildman–Crippen MR) is 117 cm³/mol. The molecule has 0 bridgehead atoms. The van der Waals surface area contributed by atoms with Crippen molar-refractivity contribution in [3.8, 4) is 11.6 Å². The summed E-state index contributed by atoms with van der Waals surface area (Å²) >= 11 is 5.29. The molecule has 0 amide bonds. The van der Waals surface area contributed by atoms with Gasteiger partial charge in [-0.2, -0.15) is 0 Å². The van der Waals surface area contributed by atoms with Crippen LogP contribution in [0.3, 0.4) is 0 Å². The van der Waals surface area contributed by atoms with Crippen LogP contribution in [0.1, 0.15) is 16.7 Å². The number of hydrogen-bond acceptors (Lipinski definition) is 6. The van der Waals surface area contributed by atoms with Crippen LogP contribution in [0.15, 0.2) is 58.3 Å². The Labute approximate surface area is 176 Å². The van der Waals surface area contributed by atoms with E-state index in [1.165, 1.54) is 17.8 Å². The highest BCUT2D eigenvalue weighted by Gasteiger charge is 2.28. The molecule has 8 heteroatoms. The highest BCUT2D eigenvalue weighted by molar-refractivity contribution is 7.71. The van der Waals surface area contributed by atoms with Gasteiger partial charge in [0.2, 0.25) is 5.88 Å². The molecule has 2 N–H and O–H groups in total. The van der Waals surface area contributed by atoms with E-state index in [1.54, 1.807) is 30.3 Å². The minimum atomic E-state index is -0.639. The fourth-order valence-electron chi connectivity index (χ4n) is 3.36. The van der Waals surface area contributed by atoms with Crippen molar-refractivity contribution in [2.75, 3.05) is 7.11 Å². The van der Waals surface area contributed by atoms with Gasteiger partial charge in [-0.05, 0) is 42.9 Å². The first-order valence-electron chi connectivity index (χ1n) is 9.05. The average Bonchev–Trinajstić information content (AvgIpc) is 3.10. The predicted octanol–water partition coefficient (Wildman–Crippen LogP) is 3.71. The van der Waals surface area contributed by atoms with Gasteiger partial charge in [-0.15, -0.1) is 0 Å². The second kappa shape index (κ2) is 7.57. The van der Waals surface area contributed by atoms with Crippen molar-refractivity contribution in [1.29, 1.82) is 0 Å². The number of aromatic amines is 1. The van der Waals surface area contributed by atoms with E-state index < -0.39 is 11.5 Å². The molecule has 4 rings (SSSR count). The number of methoxy groups -OCH3 is 1. The van der Waals surface area contributed by atoms with Gasteiger partial charge in [0.15, 0.2) is 10.5 Å². The van der Waals surface area contributed by atoms with Crippen LogP contribution < -0.4 is 5.56 Å². The molecule has 150 valence electrons. The summed E-state index contributed by atoms with van der Waals surface area (Å²) in [5.74, 6) is -0.973. The molecular weight excluding hydrogens is 402 g/mol. The van der Waals surface area contributed by atoms with Crippen LogP contribution in [0, 0.1) is 11.7 Å². The molecule has 0 aliphatic carbocycles. The third kappa shape index (κ3) is 3.17. The average molecular weight is 419 g/mol. The lowest BCUT2D eigenvalue weighted by Crippen LogP contribution is -2.18. The van der Waals surface area contributed by atoms with E-state index in [1.807, 2.05) is 25.1 Å². The zero-order valence-corrected chi connectivity index (χ0v) is 17.0. The first-order valence-corrected chi connectivity index (χ1v) is 9.46. The molecule has 30 heavy (non-hydrogen) atoms. The van der Waals surface area contributed by atoms with E-state index >= 15 is 0 Å². The molecule has 1 aromatic heterocycles. The molecule has 0 unspecified atom stereocenters. The molecule has 0 atom stereocenters. The minimum absolute atomic E-state index is 0.0461. The summed E-state index contributed by atoms with van der Waals surface area (Å²) in [6, 6.07) is 14.5. The first kappa shape index (κ1) is 19.5. The maximum atomic E-state index is 12.7. The van der Waals surface area contributed by atoms with E-state index in [4.69, 9.17) is 17.0 Å². The van der Waals surface area contributed by atoms with Crippen LogP contribution in [0.25, 0.3) is 17.3 Å². The highest BCUT2D eigenvalue weighted by Crippen LogP contribution is 2.37. The summed E-state index contributed by atoms with van der Waals surface area (Å²) < 4.78 is 6.28. The smallest absolute Gasteiger partial charge is 0.357 e. The number of aryl methyl sites for hydroxylation is 1. The molecule has 0 saturated carbocycles. The second-order valence-electron chi connectivity index (χ2n) is 6.65. The van der Waals surface area contributed by atoms with Crippen molar-refractivity contribution in [2.24, 2.45) is 4.99 Å². The fraction of sp³-hybridized carbons (Fsp3) is 0.0909. The van der Waals surface area contributed by atoms with Gasteiger partial charge in [0, 0.05) is 11.1 Å². The van der Waals surface area contributed by atoms with Gasteiger partial charge in [-0.25, -0.2) is 9.79 Å². The van der Waals surface area contributed by atoms with E-state index in [2.05, 4.69) is 9.98 Å². The number of ether oxygens (including phenoxy) is 1. The molecule has 0 radical (unpaired) electrons. The summed E-state index contributed by atoms with van der Waals surface area (Å²) in [5, 5.41) is 11.0. The van der Waals surface area contributed by atoms with Crippen molar-refractivity contribution in [2.45, 2.75) is 6.92 Å². The summed E-state index contributed by atoms with van der Waals surface area (Å²) in [7, 11) is 1.26. The Morgan fingerprint density at radius 3 is 2.63 bits per heavy atom. The number of para-hydroxylation sites is 2. The van der Waals surface area contributed by atoms with Gasteiger partial charge in [0.05, 0.1) is 18.5 Å². The van der Waals surface area contributed by atoms with Crippen LogP contribution in [-0.2, 0) is 9.53 Å². The van der Waals surface area contributed by atoms with E-state index in [0.717, 1.165) is 5.56 Å². The van der Waals surface area contributed by atoms with Crippen LogP contribution in [0.2, 0.25) is 0 Å². The Morgan fingerprint density at radius 2 is 1.90 bits per heavy atom. The number of esters is 1. The molecule has 0 spiro atoms. The van der Waals surface area contributed by atoms with Gasteiger partial charge in [0.25, 0.3) is 5.56 Å². The molecule has 2 aromatic carbocycles. The highest BCUT2D eigenvalue weighted by atomic mass is 32.1. The normalized spacial score (nSPS) is 13.8. The number of fused-ring (bicyclic) bond motifs is 1. The Morgan fingerprint density at radius 1 is 1.20 bits per heavy atom. The zero-order valence-electron chi connectivity index (χ0n) is 16.2. The first-order chi connectivity index (χ1) is 14.4. The van der Waals surface area contributed by atoms with Crippen molar-refractivity contribution in [1.82, 2.24) is 9.55 Å². The number of carbonyl (C=O) groups excluding carboxylic acids is 1. The van der Waals surface area contributed by atoms with E-state index in [0.29, 0.717) is 22.5 Å². The topological polar surface area (TPSA) is 96.7 Å². The summed E-state index contributed by atoms with van der Waals surface area (Å²) in [4.78, 5) is 31.9. The number of hydrogen-bond donors (Lipinski definition) is 2. The fourth-order valence-corrected chi connectivity index (χ4v) is 3.63. The Hall–Kier alpha value is -3.78. The number of aromatic hydroxyl groups is 1. The van der Waals surface area contributed by atoms with Gasteiger partial charge < -0.3 is 9.84 Å². The van der Waals surface area contributed by atoms with Crippen molar-refractivity contribution in [3.63, 3.8) is 0 Å². The zero-order chi connectivity index (χ0) is 21.4. The number of aromatic nitrogens is 2. The Balaban J connectivity index is 1.99. The molecule has 2 heterocycles. The molecule has 0 saturated heterocycles. The molecular formula is C22H17N3O4S. The lowest BCUT2D eigenvalue weighted by Gasteiger charge is -2.14. The molecule has 7 nitrogen and oxygen atoms in total. The lowest BCUT2D eigenvalue weighted by molar-refractivity contribution is -0.132. The maximum absolute atomic E-state index is 12.7. The number of H-pyrrole nitrogens is 1. The number of nitrogens with zero attached hydrogens (tertiary/aromatic N) is 2. The Kier molecular flexibility index (Phi) is 4.93. The SMILES string of the molecule is COC(=O)C1=Nc2ccccc2C1=Cc1c(O)n(-c2ccccc2C)c(=S)[nH]c1=O. The molecule has 3 aromatic rings. The van der Waals surface area contributed by atoms with Gasteiger partial charge in [-0.3, -0.25) is 14.3 Å². The number of aliphatic imine (C=N–C) groups is 1. The van der Waals surface area contributed by atoms with E-state index in [-0.39, 0.29) is 21.9 Å². The second-order valence-corrected chi connectivity index (χ2v) is 7.03.